The molecule has 13 heavy (non-hydrogen) atoms. The van der Waals surface area contributed by atoms with E-state index in [9.17, 15) is 9.90 Å². The molecule has 1 rings (SSSR count). The molecule has 0 aliphatic carbocycles. The van der Waals surface area contributed by atoms with Gasteiger partial charge in [-0.15, -0.1) is 0 Å². The standard InChI is InChI=1S/C9H17NO3/c1-7(9(12)13-2)10-5-3-4-8(11)6-10/h7-8,11H,3-6H2,1-2H3/t7?,8-/m0/s1. The van der Waals surface area contributed by atoms with Gasteiger partial charge in [-0.25, -0.2) is 0 Å². The van der Waals surface area contributed by atoms with Crippen LogP contribution in [0.4, 0.5) is 0 Å². The molecule has 1 aliphatic heterocycles. The minimum Gasteiger partial charge on any atom is -0.468 e. The van der Waals surface area contributed by atoms with Gasteiger partial charge in [-0.2, -0.15) is 0 Å². The number of likely N-dealkylation sites (tertiary alicyclic amines) is 1. The number of aliphatic hydroxyl groups is 1. The maximum Gasteiger partial charge on any atom is 0.322 e. The van der Waals surface area contributed by atoms with Crippen molar-refractivity contribution in [1.82, 2.24) is 4.90 Å². The Morgan fingerprint density at radius 1 is 1.69 bits per heavy atom. The molecule has 1 N–H and O–H groups in total. The molecule has 1 unspecified atom stereocenters. The van der Waals surface area contributed by atoms with Crippen molar-refractivity contribution in [2.45, 2.75) is 31.9 Å². The van der Waals surface area contributed by atoms with Crippen LogP contribution >= 0.6 is 0 Å². The van der Waals surface area contributed by atoms with Gasteiger partial charge in [-0.05, 0) is 26.3 Å². The van der Waals surface area contributed by atoms with Gasteiger partial charge in [0.25, 0.3) is 0 Å². The Kier molecular flexibility index (Phi) is 3.69. The van der Waals surface area contributed by atoms with Crippen molar-refractivity contribution in [3.63, 3.8) is 0 Å². The van der Waals surface area contributed by atoms with E-state index in [2.05, 4.69) is 4.74 Å². The highest BCUT2D eigenvalue weighted by Crippen LogP contribution is 2.13. The quantitative estimate of drug-likeness (QED) is 0.618. The minimum absolute atomic E-state index is 0.228. The first-order chi connectivity index (χ1) is 6.15. The van der Waals surface area contributed by atoms with E-state index in [0.717, 1.165) is 19.4 Å². The molecule has 0 aromatic carbocycles. The Morgan fingerprint density at radius 2 is 2.38 bits per heavy atom. The summed E-state index contributed by atoms with van der Waals surface area (Å²) in [6, 6.07) is -0.236. The maximum absolute atomic E-state index is 11.2. The Labute approximate surface area is 78.5 Å². The number of carbonyl (C=O) groups excluding carboxylic acids is 1. The lowest BCUT2D eigenvalue weighted by Crippen LogP contribution is -2.47. The molecule has 1 fully saturated rings. The maximum atomic E-state index is 11.2. The number of carbonyl (C=O) groups is 1. The van der Waals surface area contributed by atoms with Gasteiger partial charge in [0.05, 0.1) is 13.2 Å². The normalized spacial score (nSPS) is 26.8. The topological polar surface area (TPSA) is 49.8 Å². The van der Waals surface area contributed by atoms with Crippen molar-refractivity contribution >= 4 is 5.97 Å². The molecular weight excluding hydrogens is 170 g/mol. The third kappa shape index (κ3) is 2.67. The highest BCUT2D eigenvalue weighted by atomic mass is 16.5. The fraction of sp³-hybridized carbons (Fsp3) is 0.889. The number of methoxy groups -OCH3 is 1. The Balaban J connectivity index is 2.45. The molecule has 1 saturated heterocycles. The number of β-amino-alcohol motifs (C(OH)–C–C–N with tert-alkyl or cyclic N) is 1. The number of hydrogen-bond donors (Lipinski definition) is 1. The van der Waals surface area contributed by atoms with Gasteiger partial charge in [0.1, 0.15) is 6.04 Å². The van der Waals surface area contributed by atoms with E-state index in [1.165, 1.54) is 7.11 Å². The summed E-state index contributed by atoms with van der Waals surface area (Å²) in [6.07, 6.45) is 1.49. The summed E-state index contributed by atoms with van der Waals surface area (Å²) in [6.45, 7) is 3.26. The van der Waals surface area contributed by atoms with Crippen molar-refractivity contribution in [3.8, 4) is 0 Å². The van der Waals surface area contributed by atoms with E-state index >= 15 is 0 Å². The molecule has 4 nitrogen and oxygen atoms in total. The molecule has 0 radical (unpaired) electrons. The predicted molar refractivity (Wildman–Crippen MR) is 48.3 cm³/mol. The zero-order valence-corrected chi connectivity index (χ0v) is 8.19. The molecule has 0 spiro atoms. The first-order valence-electron chi connectivity index (χ1n) is 4.65. The van der Waals surface area contributed by atoms with E-state index in [-0.39, 0.29) is 18.1 Å². The van der Waals surface area contributed by atoms with Crippen LogP contribution in [0.5, 0.6) is 0 Å². The summed E-state index contributed by atoms with van der Waals surface area (Å²) in [5.74, 6) is -0.228. The van der Waals surface area contributed by atoms with Crippen molar-refractivity contribution in [2.75, 3.05) is 20.2 Å². The molecule has 2 atom stereocenters. The average molecular weight is 187 g/mol. The third-order valence-electron chi connectivity index (χ3n) is 2.52. The summed E-state index contributed by atoms with van der Waals surface area (Å²) >= 11 is 0. The van der Waals surface area contributed by atoms with Gasteiger partial charge in [0.2, 0.25) is 0 Å². The van der Waals surface area contributed by atoms with Gasteiger partial charge in [0.15, 0.2) is 0 Å². The molecule has 0 aromatic heterocycles. The highest BCUT2D eigenvalue weighted by molar-refractivity contribution is 5.75. The van der Waals surface area contributed by atoms with Crippen molar-refractivity contribution in [2.24, 2.45) is 0 Å². The van der Waals surface area contributed by atoms with Crippen LogP contribution < -0.4 is 0 Å². The third-order valence-corrected chi connectivity index (χ3v) is 2.52. The molecule has 4 heteroatoms. The smallest absolute Gasteiger partial charge is 0.322 e. The van der Waals surface area contributed by atoms with Crippen LogP contribution in [-0.4, -0.2) is 48.3 Å². The average Bonchev–Trinajstić information content (AvgIpc) is 2.15. The van der Waals surface area contributed by atoms with Crippen molar-refractivity contribution < 1.29 is 14.6 Å². The zero-order chi connectivity index (χ0) is 9.84. The molecule has 0 amide bonds. The number of ether oxygens (including phenoxy) is 1. The van der Waals surface area contributed by atoms with Crippen LogP contribution in [0.3, 0.4) is 0 Å². The first-order valence-corrected chi connectivity index (χ1v) is 4.65. The van der Waals surface area contributed by atoms with E-state index < -0.39 is 0 Å². The predicted octanol–water partition coefficient (Wildman–Crippen LogP) is 0.00460. The molecule has 76 valence electrons. The van der Waals surface area contributed by atoms with Crippen LogP contribution in [0.2, 0.25) is 0 Å². The second-order valence-corrected chi connectivity index (χ2v) is 3.49. The number of nitrogens with zero attached hydrogens (tertiary/aromatic N) is 1. The second-order valence-electron chi connectivity index (χ2n) is 3.49. The van der Waals surface area contributed by atoms with E-state index in [4.69, 9.17) is 0 Å². The fourth-order valence-electron chi connectivity index (χ4n) is 1.65. The lowest BCUT2D eigenvalue weighted by Gasteiger charge is -2.33. The van der Waals surface area contributed by atoms with Gasteiger partial charge in [0, 0.05) is 6.54 Å². The van der Waals surface area contributed by atoms with Crippen LogP contribution in [-0.2, 0) is 9.53 Å². The lowest BCUT2D eigenvalue weighted by atomic mass is 10.1. The van der Waals surface area contributed by atoms with Gasteiger partial charge in [-0.1, -0.05) is 0 Å². The van der Waals surface area contributed by atoms with E-state index in [0.29, 0.717) is 6.54 Å². The van der Waals surface area contributed by atoms with Crippen LogP contribution in [0.1, 0.15) is 19.8 Å². The first kappa shape index (κ1) is 10.5. The Bertz CT molecular complexity index is 184. The number of rotatable bonds is 2. The summed E-state index contributed by atoms with van der Waals surface area (Å²) in [4.78, 5) is 13.1. The Morgan fingerprint density at radius 3 is 2.92 bits per heavy atom. The fourth-order valence-corrected chi connectivity index (χ4v) is 1.65. The number of aliphatic hydroxyl groups excluding tert-OH is 1. The van der Waals surface area contributed by atoms with Crippen LogP contribution in [0, 0.1) is 0 Å². The molecule has 0 saturated carbocycles. The number of esters is 1. The summed E-state index contributed by atoms with van der Waals surface area (Å²) in [5, 5.41) is 9.39. The molecule has 0 bridgehead atoms. The lowest BCUT2D eigenvalue weighted by molar-refractivity contribution is -0.147. The van der Waals surface area contributed by atoms with E-state index in [1.54, 1.807) is 0 Å². The minimum atomic E-state index is -0.291. The van der Waals surface area contributed by atoms with Crippen molar-refractivity contribution in [3.05, 3.63) is 0 Å². The molecular formula is C9H17NO3. The van der Waals surface area contributed by atoms with Crippen molar-refractivity contribution in [1.29, 1.82) is 0 Å². The summed E-state index contributed by atoms with van der Waals surface area (Å²) < 4.78 is 4.64. The largest absolute Gasteiger partial charge is 0.468 e. The number of piperidine rings is 1. The summed E-state index contributed by atoms with van der Waals surface area (Å²) in [7, 11) is 1.39. The second kappa shape index (κ2) is 4.58. The zero-order valence-electron chi connectivity index (χ0n) is 8.19. The highest BCUT2D eigenvalue weighted by Gasteiger charge is 2.26. The molecule has 1 aliphatic rings. The van der Waals surface area contributed by atoms with Crippen LogP contribution in [0.25, 0.3) is 0 Å². The molecule has 1 heterocycles. The van der Waals surface area contributed by atoms with Crippen LogP contribution in [0.15, 0.2) is 0 Å². The summed E-state index contributed by atoms with van der Waals surface area (Å²) in [5.41, 5.74) is 0. The monoisotopic (exact) mass is 187 g/mol. The SMILES string of the molecule is COC(=O)C(C)N1CCC[C@H](O)C1. The van der Waals surface area contributed by atoms with Gasteiger partial charge >= 0.3 is 5.97 Å². The van der Waals surface area contributed by atoms with Gasteiger partial charge < -0.3 is 9.84 Å². The Hall–Kier alpha value is -0.610. The van der Waals surface area contributed by atoms with Gasteiger partial charge in [-0.3, -0.25) is 9.69 Å². The molecule has 0 aromatic rings. The van der Waals surface area contributed by atoms with E-state index in [1.807, 2.05) is 11.8 Å². The number of hydrogen-bond acceptors (Lipinski definition) is 4.